The van der Waals surface area contributed by atoms with Gasteiger partial charge in [-0.1, -0.05) is 12.5 Å². The predicted molar refractivity (Wildman–Crippen MR) is 68.2 cm³/mol. The van der Waals surface area contributed by atoms with E-state index in [0.29, 0.717) is 19.5 Å². The van der Waals surface area contributed by atoms with Gasteiger partial charge >= 0.3 is 0 Å². The van der Waals surface area contributed by atoms with Gasteiger partial charge in [-0.2, -0.15) is 0 Å². The Bertz CT molecular complexity index is 434. The van der Waals surface area contributed by atoms with Crippen molar-refractivity contribution >= 4 is 5.91 Å². The molecule has 98 valence electrons. The van der Waals surface area contributed by atoms with E-state index in [1.54, 1.807) is 6.07 Å². The molecule has 3 nitrogen and oxygen atoms in total. The zero-order chi connectivity index (χ0) is 13.0. The van der Waals surface area contributed by atoms with Gasteiger partial charge in [-0.25, -0.2) is 4.39 Å². The van der Waals surface area contributed by atoms with Crippen molar-refractivity contribution in [1.29, 1.82) is 0 Å². The van der Waals surface area contributed by atoms with E-state index in [1.807, 2.05) is 4.90 Å². The molecule has 0 aliphatic carbocycles. The van der Waals surface area contributed by atoms with E-state index in [0.717, 1.165) is 36.9 Å². The third-order valence-electron chi connectivity index (χ3n) is 3.42. The lowest BCUT2D eigenvalue weighted by Crippen LogP contribution is -2.30. The summed E-state index contributed by atoms with van der Waals surface area (Å²) in [4.78, 5) is 13.8. The fraction of sp³-hybridized carbons (Fsp3) is 0.500. The zero-order valence-corrected chi connectivity index (χ0v) is 10.5. The molecule has 1 aromatic carbocycles. The van der Waals surface area contributed by atoms with Crippen molar-refractivity contribution in [3.05, 3.63) is 35.1 Å². The maximum atomic E-state index is 13.1. The number of rotatable bonds is 3. The molecule has 1 amide bonds. The number of nitrogens with zero attached hydrogens (tertiary/aromatic N) is 1. The van der Waals surface area contributed by atoms with Crippen LogP contribution in [0.4, 0.5) is 4.39 Å². The first-order chi connectivity index (χ1) is 8.70. The van der Waals surface area contributed by atoms with Crippen LogP contribution in [0.1, 0.15) is 36.8 Å². The van der Waals surface area contributed by atoms with Crippen LogP contribution in [-0.2, 0) is 17.9 Å². The molecule has 1 saturated heterocycles. The smallest absolute Gasteiger partial charge is 0.222 e. The summed E-state index contributed by atoms with van der Waals surface area (Å²) in [5.74, 6) is -0.0822. The van der Waals surface area contributed by atoms with Crippen molar-refractivity contribution in [2.75, 3.05) is 6.54 Å². The molecule has 0 radical (unpaired) electrons. The average Bonchev–Trinajstić information content (AvgIpc) is 2.57. The molecule has 1 fully saturated rings. The Morgan fingerprint density at radius 3 is 2.83 bits per heavy atom. The maximum Gasteiger partial charge on any atom is 0.222 e. The summed E-state index contributed by atoms with van der Waals surface area (Å²) >= 11 is 0. The molecule has 1 aliphatic heterocycles. The highest BCUT2D eigenvalue weighted by Gasteiger charge is 2.17. The molecule has 2 rings (SSSR count). The summed E-state index contributed by atoms with van der Waals surface area (Å²) in [6, 6.07) is 4.62. The van der Waals surface area contributed by atoms with Gasteiger partial charge in [0.2, 0.25) is 5.91 Å². The number of amides is 1. The highest BCUT2D eigenvalue weighted by Crippen LogP contribution is 2.17. The van der Waals surface area contributed by atoms with Gasteiger partial charge in [0, 0.05) is 26.1 Å². The minimum atomic E-state index is -0.276. The topological polar surface area (TPSA) is 46.3 Å². The Morgan fingerprint density at radius 2 is 2.06 bits per heavy atom. The second-order valence-corrected chi connectivity index (χ2v) is 4.74. The highest BCUT2D eigenvalue weighted by atomic mass is 19.1. The van der Waals surface area contributed by atoms with Crippen molar-refractivity contribution in [1.82, 2.24) is 4.90 Å². The second kappa shape index (κ2) is 5.96. The predicted octanol–water partition coefficient (Wildman–Crippen LogP) is 2.19. The van der Waals surface area contributed by atoms with Crippen molar-refractivity contribution < 1.29 is 9.18 Å². The number of hydrogen-bond donors (Lipinski definition) is 1. The monoisotopic (exact) mass is 250 g/mol. The number of benzene rings is 1. The van der Waals surface area contributed by atoms with Gasteiger partial charge < -0.3 is 10.6 Å². The van der Waals surface area contributed by atoms with Crippen molar-refractivity contribution in [3.63, 3.8) is 0 Å². The van der Waals surface area contributed by atoms with E-state index in [2.05, 4.69) is 0 Å². The number of nitrogens with two attached hydrogens (primary N) is 1. The fourth-order valence-corrected chi connectivity index (χ4v) is 2.35. The standard InChI is InChI=1S/C14H19FN2O/c15-13-6-5-11(12(8-13)9-16)10-17-7-3-1-2-4-14(17)18/h5-6,8H,1-4,7,9-10,16H2. The molecule has 0 saturated carbocycles. The lowest BCUT2D eigenvalue weighted by atomic mass is 10.1. The van der Waals surface area contributed by atoms with E-state index in [9.17, 15) is 9.18 Å². The molecule has 0 atom stereocenters. The fourth-order valence-electron chi connectivity index (χ4n) is 2.35. The summed E-state index contributed by atoms with van der Waals surface area (Å²) in [6.07, 6.45) is 3.75. The summed E-state index contributed by atoms with van der Waals surface area (Å²) in [7, 11) is 0. The van der Waals surface area contributed by atoms with Crippen molar-refractivity contribution in [2.45, 2.75) is 38.8 Å². The van der Waals surface area contributed by atoms with E-state index in [1.165, 1.54) is 12.1 Å². The molecule has 1 aliphatic rings. The number of hydrogen-bond acceptors (Lipinski definition) is 2. The first kappa shape index (κ1) is 13.0. The Morgan fingerprint density at radius 1 is 1.22 bits per heavy atom. The highest BCUT2D eigenvalue weighted by molar-refractivity contribution is 5.76. The summed E-state index contributed by atoms with van der Waals surface area (Å²) in [5, 5.41) is 0. The quantitative estimate of drug-likeness (QED) is 0.893. The average molecular weight is 250 g/mol. The van der Waals surface area contributed by atoms with Crippen LogP contribution in [0.5, 0.6) is 0 Å². The van der Waals surface area contributed by atoms with Crippen LogP contribution in [0.25, 0.3) is 0 Å². The number of halogens is 1. The van der Waals surface area contributed by atoms with Crippen LogP contribution in [0.15, 0.2) is 18.2 Å². The number of likely N-dealkylation sites (tertiary alicyclic amines) is 1. The Balaban J connectivity index is 2.14. The maximum absolute atomic E-state index is 13.1. The molecule has 1 heterocycles. The van der Waals surface area contributed by atoms with Crippen molar-refractivity contribution in [2.24, 2.45) is 5.73 Å². The van der Waals surface area contributed by atoms with Gasteiger partial charge in [0.15, 0.2) is 0 Å². The molecule has 0 bridgehead atoms. The lowest BCUT2D eigenvalue weighted by Gasteiger charge is -2.22. The summed E-state index contributed by atoms with van der Waals surface area (Å²) in [6.45, 7) is 1.64. The van der Waals surface area contributed by atoms with Crippen molar-refractivity contribution in [3.8, 4) is 0 Å². The van der Waals surface area contributed by atoms with E-state index in [4.69, 9.17) is 5.73 Å². The molecular weight excluding hydrogens is 231 g/mol. The van der Waals surface area contributed by atoms with Gasteiger partial charge in [0.05, 0.1) is 0 Å². The van der Waals surface area contributed by atoms with Crippen LogP contribution in [0.3, 0.4) is 0 Å². The zero-order valence-electron chi connectivity index (χ0n) is 10.5. The number of carbonyl (C=O) groups is 1. The Kier molecular flexibility index (Phi) is 4.31. The van der Waals surface area contributed by atoms with Gasteiger partial charge in [-0.05, 0) is 36.1 Å². The molecule has 0 spiro atoms. The van der Waals surface area contributed by atoms with E-state index >= 15 is 0 Å². The molecular formula is C14H19FN2O. The van der Waals surface area contributed by atoms with Crippen LogP contribution >= 0.6 is 0 Å². The molecule has 0 aromatic heterocycles. The van der Waals surface area contributed by atoms with Gasteiger partial charge in [-0.3, -0.25) is 4.79 Å². The van der Waals surface area contributed by atoms with Crippen LogP contribution in [0, 0.1) is 5.82 Å². The normalized spacial score (nSPS) is 16.8. The van der Waals surface area contributed by atoms with Gasteiger partial charge in [0.25, 0.3) is 0 Å². The summed E-state index contributed by atoms with van der Waals surface area (Å²) < 4.78 is 13.1. The van der Waals surface area contributed by atoms with Crippen LogP contribution in [-0.4, -0.2) is 17.4 Å². The largest absolute Gasteiger partial charge is 0.338 e. The van der Waals surface area contributed by atoms with E-state index < -0.39 is 0 Å². The van der Waals surface area contributed by atoms with Gasteiger partial charge in [0.1, 0.15) is 5.82 Å². The van der Waals surface area contributed by atoms with Crippen LogP contribution in [0.2, 0.25) is 0 Å². The summed E-state index contributed by atoms with van der Waals surface area (Å²) in [5.41, 5.74) is 7.36. The SMILES string of the molecule is NCc1cc(F)ccc1CN1CCCCCC1=O. The Labute approximate surface area is 107 Å². The second-order valence-electron chi connectivity index (χ2n) is 4.74. The van der Waals surface area contributed by atoms with Gasteiger partial charge in [-0.15, -0.1) is 0 Å². The first-order valence-electron chi connectivity index (χ1n) is 6.46. The third kappa shape index (κ3) is 3.07. The lowest BCUT2D eigenvalue weighted by molar-refractivity contribution is -0.131. The molecule has 0 unspecified atom stereocenters. The first-order valence-corrected chi connectivity index (χ1v) is 6.46. The third-order valence-corrected chi connectivity index (χ3v) is 3.42. The molecule has 1 aromatic rings. The van der Waals surface area contributed by atoms with Crippen LogP contribution < -0.4 is 5.73 Å². The minimum Gasteiger partial charge on any atom is -0.338 e. The molecule has 4 heteroatoms. The number of carbonyl (C=O) groups excluding carboxylic acids is 1. The molecule has 18 heavy (non-hydrogen) atoms. The minimum absolute atomic E-state index is 0.194. The molecule has 2 N–H and O–H groups in total. The Hall–Kier alpha value is -1.42. The van der Waals surface area contributed by atoms with E-state index in [-0.39, 0.29) is 11.7 Å².